The molecular weight excluding hydrogens is 222 g/mol. The molecule has 1 aliphatic rings. The molecule has 0 bridgehead atoms. The van der Waals surface area contributed by atoms with Crippen LogP contribution in [0.15, 0.2) is 11.3 Å². The first-order valence-corrected chi connectivity index (χ1v) is 6.30. The van der Waals surface area contributed by atoms with Gasteiger partial charge in [0.25, 0.3) is 0 Å². The summed E-state index contributed by atoms with van der Waals surface area (Å²) in [6.07, 6.45) is 3.54. The van der Waals surface area contributed by atoms with Gasteiger partial charge in [-0.2, -0.15) is 12.6 Å². The summed E-state index contributed by atoms with van der Waals surface area (Å²) in [6, 6.07) is 0.211. The zero-order chi connectivity index (χ0) is 12.0. The molecule has 1 aliphatic carbocycles. The van der Waals surface area contributed by atoms with Gasteiger partial charge in [0.2, 0.25) is 5.91 Å². The van der Waals surface area contributed by atoms with Gasteiger partial charge in [-0.15, -0.1) is 0 Å². The lowest BCUT2D eigenvalue weighted by Crippen LogP contribution is -2.41. The molecule has 0 saturated heterocycles. The van der Waals surface area contributed by atoms with Crippen molar-refractivity contribution < 1.29 is 4.79 Å². The van der Waals surface area contributed by atoms with Crippen molar-refractivity contribution in [3.05, 3.63) is 11.3 Å². The topological polar surface area (TPSA) is 53.2 Å². The van der Waals surface area contributed by atoms with Crippen LogP contribution in [0.25, 0.3) is 0 Å². The molecule has 16 heavy (non-hydrogen) atoms. The molecule has 1 fully saturated rings. The van der Waals surface area contributed by atoms with Crippen molar-refractivity contribution in [2.75, 3.05) is 26.4 Å². The maximum Gasteiger partial charge on any atom is 0.239 e. The summed E-state index contributed by atoms with van der Waals surface area (Å²) in [5.41, 5.74) is 2.59. The lowest BCUT2D eigenvalue weighted by Gasteiger charge is -2.28. The molecule has 3 N–H and O–H groups in total. The van der Waals surface area contributed by atoms with E-state index in [0.717, 1.165) is 24.3 Å². The van der Waals surface area contributed by atoms with E-state index in [4.69, 9.17) is 0 Å². The van der Waals surface area contributed by atoms with E-state index in [2.05, 4.69) is 28.6 Å². The van der Waals surface area contributed by atoms with E-state index in [9.17, 15) is 4.79 Å². The number of nitrogens with one attached hydrogen (secondary N) is 3. The Kier molecular flexibility index (Phi) is 5.69. The fraction of sp³-hybridized carbons (Fsp3) is 0.727. The average molecular weight is 243 g/mol. The Bertz CT molecular complexity index is 268. The Balaban J connectivity index is 2.61. The first kappa shape index (κ1) is 13.4. The van der Waals surface area contributed by atoms with Crippen LogP contribution in [0, 0.1) is 0 Å². The predicted molar refractivity (Wildman–Crippen MR) is 69.6 cm³/mol. The van der Waals surface area contributed by atoms with Crippen LogP contribution in [0.4, 0.5) is 0 Å². The lowest BCUT2D eigenvalue weighted by atomic mass is 9.88. The normalized spacial score (nSPS) is 16.3. The van der Waals surface area contributed by atoms with Crippen LogP contribution < -0.4 is 16.0 Å². The number of carbonyl (C=O) groups is 1. The van der Waals surface area contributed by atoms with E-state index in [0.29, 0.717) is 6.54 Å². The third kappa shape index (κ3) is 3.42. The highest BCUT2D eigenvalue weighted by atomic mass is 32.1. The van der Waals surface area contributed by atoms with Crippen molar-refractivity contribution >= 4 is 18.5 Å². The minimum absolute atomic E-state index is 0.00596. The smallest absolute Gasteiger partial charge is 0.239 e. The molecule has 1 atom stereocenters. The van der Waals surface area contributed by atoms with E-state index < -0.39 is 0 Å². The zero-order valence-electron chi connectivity index (χ0n) is 9.97. The highest BCUT2D eigenvalue weighted by Crippen LogP contribution is 2.29. The molecule has 0 aromatic heterocycles. The van der Waals surface area contributed by atoms with E-state index in [-0.39, 0.29) is 11.9 Å². The number of thiol groups is 1. The summed E-state index contributed by atoms with van der Waals surface area (Å²) in [7, 11) is 3.57. The third-order valence-electron chi connectivity index (χ3n) is 2.94. The number of carbonyl (C=O) groups excluding carboxylic acids is 1. The second-order valence-electron chi connectivity index (χ2n) is 3.92. The average Bonchev–Trinajstić information content (AvgIpc) is 2.24. The maximum absolute atomic E-state index is 11.2. The van der Waals surface area contributed by atoms with E-state index >= 15 is 0 Å². The molecule has 0 aromatic carbocycles. The van der Waals surface area contributed by atoms with Crippen molar-refractivity contribution in [3.63, 3.8) is 0 Å². The van der Waals surface area contributed by atoms with Gasteiger partial charge in [-0.1, -0.05) is 0 Å². The summed E-state index contributed by atoms with van der Waals surface area (Å²) in [6.45, 7) is 0.335. The molecule has 4 nitrogen and oxygen atoms in total. The quantitative estimate of drug-likeness (QED) is 0.507. The fourth-order valence-electron chi connectivity index (χ4n) is 1.71. The molecule has 0 spiro atoms. The Morgan fingerprint density at radius 1 is 1.44 bits per heavy atom. The standard InChI is InChI=1S/C11H21N3OS/c1-12-9(7-16)11(8-4-3-5-8)14-6-10(15)13-2/h9,12,14,16H,3-7H2,1-2H3,(H,13,15). The number of hydrogen-bond donors (Lipinski definition) is 4. The molecule has 0 heterocycles. The minimum atomic E-state index is 0.00596. The number of allylic oxidation sites excluding steroid dienone is 1. The lowest BCUT2D eigenvalue weighted by molar-refractivity contribution is -0.119. The number of likely N-dealkylation sites (N-methyl/N-ethyl adjacent to an activating group) is 2. The van der Waals surface area contributed by atoms with Crippen molar-refractivity contribution in [2.45, 2.75) is 25.3 Å². The second kappa shape index (κ2) is 6.81. The van der Waals surface area contributed by atoms with Crippen molar-refractivity contribution in [1.82, 2.24) is 16.0 Å². The molecule has 1 unspecified atom stereocenters. The largest absolute Gasteiger partial charge is 0.378 e. The Labute approximate surface area is 103 Å². The van der Waals surface area contributed by atoms with Gasteiger partial charge in [0.1, 0.15) is 0 Å². The summed E-state index contributed by atoms with van der Waals surface area (Å²) in [4.78, 5) is 11.2. The van der Waals surface area contributed by atoms with Gasteiger partial charge in [0.05, 0.1) is 12.6 Å². The summed E-state index contributed by atoms with van der Waals surface area (Å²) in [5.74, 6) is 0.738. The first-order valence-electron chi connectivity index (χ1n) is 5.67. The SMILES string of the molecule is CNC(=O)CNC(=C1CCC1)C(CS)NC. The van der Waals surface area contributed by atoms with Crippen LogP contribution in [0.1, 0.15) is 19.3 Å². The second-order valence-corrected chi connectivity index (χ2v) is 4.29. The molecule has 0 radical (unpaired) electrons. The molecule has 1 rings (SSSR count). The van der Waals surface area contributed by atoms with Gasteiger partial charge in [-0.05, 0) is 31.9 Å². The van der Waals surface area contributed by atoms with Crippen LogP contribution >= 0.6 is 12.6 Å². The molecule has 92 valence electrons. The van der Waals surface area contributed by atoms with E-state index in [1.54, 1.807) is 7.05 Å². The molecule has 0 aromatic rings. The minimum Gasteiger partial charge on any atom is -0.378 e. The van der Waals surface area contributed by atoms with Crippen LogP contribution in [-0.2, 0) is 4.79 Å². The fourth-order valence-corrected chi connectivity index (χ4v) is 2.07. The van der Waals surface area contributed by atoms with Crippen LogP contribution in [0.3, 0.4) is 0 Å². The number of amides is 1. The maximum atomic E-state index is 11.2. The van der Waals surface area contributed by atoms with Gasteiger partial charge < -0.3 is 16.0 Å². The van der Waals surface area contributed by atoms with Gasteiger partial charge >= 0.3 is 0 Å². The molecule has 1 amide bonds. The van der Waals surface area contributed by atoms with Crippen molar-refractivity contribution in [1.29, 1.82) is 0 Å². The molecule has 0 aliphatic heterocycles. The number of hydrogen-bond acceptors (Lipinski definition) is 4. The van der Waals surface area contributed by atoms with Crippen LogP contribution in [0.5, 0.6) is 0 Å². The summed E-state index contributed by atoms with van der Waals surface area (Å²) < 4.78 is 0. The monoisotopic (exact) mass is 243 g/mol. The van der Waals surface area contributed by atoms with Gasteiger partial charge in [0.15, 0.2) is 0 Å². The van der Waals surface area contributed by atoms with Gasteiger partial charge in [0, 0.05) is 18.5 Å². The van der Waals surface area contributed by atoms with Gasteiger partial charge in [-0.3, -0.25) is 4.79 Å². The van der Waals surface area contributed by atoms with Crippen LogP contribution in [-0.4, -0.2) is 38.3 Å². The van der Waals surface area contributed by atoms with Gasteiger partial charge in [-0.25, -0.2) is 0 Å². The third-order valence-corrected chi connectivity index (χ3v) is 3.30. The molecule has 1 saturated carbocycles. The van der Waals surface area contributed by atoms with E-state index in [1.807, 2.05) is 7.05 Å². The Hall–Kier alpha value is -0.680. The molecular formula is C11H21N3OS. The predicted octanol–water partition coefficient (Wildman–Crippen LogP) is 0.278. The highest BCUT2D eigenvalue weighted by molar-refractivity contribution is 7.80. The number of rotatable bonds is 6. The Morgan fingerprint density at radius 3 is 2.50 bits per heavy atom. The van der Waals surface area contributed by atoms with Crippen molar-refractivity contribution in [3.8, 4) is 0 Å². The van der Waals surface area contributed by atoms with E-state index in [1.165, 1.54) is 12.0 Å². The van der Waals surface area contributed by atoms with Crippen molar-refractivity contribution in [2.24, 2.45) is 0 Å². The summed E-state index contributed by atoms with van der Waals surface area (Å²) in [5, 5.41) is 9.05. The zero-order valence-corrected chi connectivity index (χ0v) is 10.9. The first-order chi connectivity index (χ1) is 7.72. The molecule has 5 heteroatoms. The van der Waals surface area contributed by atoms with Crippen LogP contribution in [0.2, 0.25) is 0 Å². The summed E-state index contributed by atoms with van der Waals surface area (Å²) >= 11 is 4.32. The highest BCUT2D eigenvalue weighted by Gasteiger charge is 2.20. The Morgan fingerprint density at radius 2 is 2.12 bits per heavy atom.